The van der Waals surface area contributed by atoms with Gasteiger partial charge in [-0.2, -0.15) is 5.10 Å². The fourth-order valence-electron chi connectivity index (χ4n) is 5.07. The van der Waals surface area contributed by atoms with Gasteiger partial charge in [-0.3, -0.25) is 4.79 Å². The summed E-state index contributed by atoms with van der Waals surface area (Å²) in [7, 11) is -3.38. The van der Waals surface area contributed by atoms with E-state index in [2.05, 4.69) is 10.4 Å². The van der Waals surface area contributed by atoms with Gasteiger partial charge in [0.05, 0.1) is 16.6 Å². The number of hydrogen-bond acceptors (Lipinski definition) is 6. The Balaban J connectivity index is 1.59. The van der Waals surface area contributed by atoms with Crippen molar-refractivity contribution in [1.82, 2.24) is 15.1 Å². The number of carbonyl (C=O) groups excluding carboxylic acids is 1. The minimum Gasteiger partial charge on any atom is -0.444 e. The number of alkyl carbamates (subject to hydrolysis) is 1. The molecule has 4 rings (SSSR count). The van der Waals surface area contributed by atoms with Crippen LogP contribution in [-0.2, 0) is 20.0 Å². The third kappa shape index (κ3) is 7.08. The smallest absolute Gasteiger partial charge is 0.407 e. The van der Waals surface area contributed by atoms with Gasteiger partial charge in [0, 0.05) is 34.9 Å². The Bertz CT molecular complexity index is 1520. The van der Waals surface area contributed by atoms with E-state index in [0.717, 1.165) is 11.8 Å². The lowest BCUT2D eigenvalue weighted by molar-refractivity contribution is 0.0504. The first kappa shape index (κ1) is 28.8. The SMILES string of the molecule is CC(C)(C)OC(=O)NCC1(c2cccc(Cl)c2)CCC(n2nc(-c3cccc(S(C)(=O)=O)c3)ccc2=O)CC1. The van der Waals surface area contributed by atoms with Gasteiger partial charge < -0.3 is 10.1 Å². The van der Waals surface area contributed by atoms with Gasteiger partial charge in [0.25, 0.3) is 5.56 Å². The zero-order valence-electron chi connectivity index (χ0n) is 22.6. The number of sulfone groups is 1. The quantitative estimate of drug-likeness (QED) is 0.416. The molecule has 208 valence electrons. The third-order valence-electron chi connectivity index (χ3n) is 7.05. The topological polar surface area (TPSA) is 107 Å². The van der Waals surface area contributed by atoms with Crippen LogP contribution in [0.25, 0.3) is 11.3 Å². The first-order chi connectivity index (χ1) is 18.3. The van der Waals surface area contributed by atoms with Gasteiger partial charge in [0.2, 0.25) is 0 Å². The third-order valence-corrected chi connectivity index (χ3v) is 8.39. The van der Waals surface area contributed by atoms with E-state index in [4.69, 9.17) is 16.3 Å². The Morgan fingerprint density at radius 3 is 2.44 bits per heavy atom. The molecule has 1 N–H and O–H groups in total. The van der Waals surface area contributed by atoms with Gasteiger partial charge in [-0.25, -0.2) is 17.9 Å². The van der Waals surface area contributed by atoms with Crippen molar-refractivity contribution in [3.8, 4) is 11.3 Å². The number of rotatable bonds is 6. The Kier molecular flexibility index (Phi) is 8.23. The number of aromatic nitrogens is 2. The van der Waals surface area contributed by atoms with Crippen LogP contribution in [0.4, 0.5) is 4.79 Å². The van der Waals surface area contributed by atoms with Crippen LogP contribution in [0.2, 0.25) is 5.02 Å². The summed E-state index contributed by atoms with van der Waals surface area (Å²) in [5.74, 6) is 0. The van der Waals surface area contributed by atoms with Crippen LogP contribution in [-0.4, -0.2) is 42.7 Å². The van der Waals surface area contributed by atoms with E-state index < -0.39 is 21.5 Å². The van der Waals surface area contributed by atoms with Crippen molar-refractivity contribution < 1.29 is 17.9 Å². The van der Waals surface area contributed by atoms with Crippen LogP contribution in [0.5, 0.6) is 0 Å². The number of benzene rings is 2. The summed E-state index contributed by atoms with van der Waals surface area (Å²) in [5, 5.41) is 8.20. The number of nitrogens with zero attached hydrogens (tertiary/aromatic N) is 2. The number of carbonyl (C=O) groups is 1. The van der Waals surface area contributed by atoms with Crippen molar-refractivity contribution in [2.75, 3.05) is 12.8 Å². The molecular formula is C29H34ClN3O5S. The average molecular weight is 572 g/mol. The summed E-state index contributed by atoms with van der Waals surface area (Å²) >= 11 is 6.33. The number of amides is 1. The Morgan fingerprint density at radius 2 is 1.79 bits per heavy atom. The molecule has 0 aliphatic heterocycles. The van der Waals surface area contributed by atoms with Gasteiger partial charge in [-0.15, -0.1) is 0 Å². The van der Waals surface area contributed by atoms with Gasteiger partial charge in [-0.1, -0.05) is 35.9 Å². The average Bonchev–Trinajstić information content (AvgIpc) is 2.87. The highest BCUT2D eigenvalue weighted by molar-refractivity contribution is 7.90. The minimum absolute atomic E-state index is 0.149. The van der Waals surface area contributed by atoms with E-state index in [1.807, 2.05) is 45.0 Å². The lowest BCUT2D eigenvalue weighted by atomic mass is 9.68. The zero-order chi connectivity index (χ0) is 28.4. The van der Waals surface area contributed by atoms with Crippen LogP contribution in [0, 0.1) is 0 Å². The molecule has 1 heterocycles. The van der Waals surface area contributed by atoms with E-state index in [1.54, 1.807) is 24.3 Å². The lowest BCUT2D eigenvalue weighted by Crippen LogP contribution is -2.45. The van der Waals surface area contributed by atoms with E-state index in [1.165, 1.54) is 16.8 Å². The van der Waals surface area contributed by atoms with Crippen molar-refractivity contribution in [1.29, 1.82) is 0 Å². The maximum Gasteiger partial charge on any atom is 0.407 e. The molecule has 1 aliphatic carbocycles. The molecule has 2 aromatic carbocycles. The highest BCUT2D eigenvalue weighted by Crippen LogP contribution is 2.43. The predicted octanol–water partition coefficient (Wildman–Crippen LogP) is 5.55. The maximum atomic E-state index is 12.9. The molecule has 1 saturated carbocycles. The van der Waals surface area contributed by atoms with Crippen LogP contribution in [0.3, 0.4) is 0 Å². The molecule has 1 aromatic heterocycles. The molecule has 0 spiro atoms. The molecule has 10 heteroatoms. The second-order valence-corrected chi connectivity index (χ2v) is 13.6. The highest BCUT2D eigenvalue weighted by Gasteiger charge is 2.39. The summed E-state index contributed by atoms with van der Waals surface area (Å²) in [4.78, 5) is 25.5. The summed E-state index contributed by atoms with van der Waals surface area (Å²) in [6.45, 7) is 5.83. The van der Waals surface area contributed by atoms with Crippen molar-refractivity contribution in [2.45, 2.75) is 68.4 Å². The Labute approximate surface area is 234 Å². The first-order valence-electron chi connectivity index (χ1n) is 12.9. The van der Waals surface area contributed by atoms with Crippen LogP contribution in [0.1, 0.15) is 58.1 Å². The second-order valence-electron chi connectivity index (χ2n) is 11.2. The van der Waals surface area contributed by atoms with Crippen LogP contribution < -0.4 is 10.9 Å². The summed E-state index contributed by atoms with van der Waals surface area (Å²) in [5.41, 5.74) is 0.962. The number of hydrogen-bond donors (Lipinski definition) is 1. The Morgan fingerprint density at radius 1 is 1.10 bits per heavy atom. The fourth-order valence-corrected chi connectivity index (χ4v) is 5.93. The first-order valence-corrected chi connectivity index (χ1v) is 15.2. The van der Waals surface area contributed by atoms with Gasteiger partial charge in [0.15, 0.2) is 9.84 Å². The van der Waals surface area contributed by atoms with Crippen molar-refractivity contribution in [3.05, 3.63) is 81.6 Å². The molecule has 0 atom stereocenters. The van der Waals surface area contributed by atoms with Crippen molar-refractivity contribution in [3.63, 3.8) is 0 Å². The molecular weight excluding hydrogens is 538 g/mol. The molecule has 0 unspecified atom stereocenters. The van der Waals surface area contributed by atoms with Gasteiger partial charge in [0.1, 0.15) is 5.60 Å². The van der Waals surface area contributed by atoms with Crippen LogP contribution >= 0.6 is 11.6 Å². The molecule has 1 fully saturated rings. The normalized spacial score (nSPS) is 19.9. The molecule has 0 bridgehead atoms. The minimum atomic E-state index is -3.38. The largest absolute Gasteiger partial charge is 0.444 e. The molecule has 1 amide bonds. The molecule has 0 radical (unpaired) electrons. The monoisotopic (exact) mass is 571 g/mol. The Hall–Kier alpha value is -3.17. The van der Waals surface area contributed by atoms with E-state index in [0.29, 0.717) is 48.5 Å². The second kappa shape index (κ2) is 11.1. The van der Waals surface area contributed by atoms with E-state index in [9.17, 15) is 18.0 Å². The maximum absolute atomic E-state index is 12.9. The molecule has 0 saturated heterocycles. The molecule has 1 aliphatic rings. The van der Waals surface area contributed by atoms with Crippen molar-refractivity contribution >= 4 is 27.5 Å². The highest BCUT2D eigenvalue weighted by atomic mass is 35.5. The van der Waals surface area contributed by atoms with Crippen molar-refractivity contribution in [2.24, 2.45) is 0 Å². The summed E-state index contributed by atoms with van der Waals surface area (Å²) < 4.78 is 31.0. The van der Waals surface area contributed by atoms with E-state index >= 15 is 0 Å². The van der Waals surface area contributed by atoms with Gasteiger partial charge >= 0.3 is 6.09 Å². The van der Waals surface area contributed by atoms with Crippen LogP contribution in [0.15, 0.2) is 70.4 Å². The summed E-state index contributed by atoms with van der Waals surface area (Å²) in [6.07, 6.45) is 3.37. The predicted molar refractivity (Wildman–Crippen MR) is 152 cm³/mol. The van der Waals surface area contributed by atoms with Gasteiger partial charge in [-0.05, 0) is 82.3 Å². The zero-order valence-corrected chi connectivity index (χ0v) is 24.2. The van der Waals surface area contributed by atoms with E-state index in [-0.39, 0.29) is 21.9 Å². The summed E-state index contributed by atoms with van der Waals surface area (Å²) in [6, 6.07) is 17.2. The number of halogens is 1. The number of ether oxygens (including phenoxy) is 1. The standard InChI is InChI=1S/C29H34ClN3O5S/c1-28(2,3)38-27(35)31-19-29(21-8-6-9-22(30)18-21)15-13-23(14-16-29)33-26(34)12-11-25(32-33)20-7-5-10-24(17-20)39(4,36)37/h5-12,17-18,23H,13-16,19H2,1-4H3,(H,31,35). The number of nitrogens with one attached hydrogen (secondary N) is 1. The molecule has 8 nitrogen and oxygen atoms in total. The lowest BCUT2D eigenvalue weighted by Gasteiger charge is -2.41. The molecule has 39 heavy (non-hydrogen) atoms. The molecule has 3 aromatic rings. The fraction of sp³-hybridized carbons (Fsp3) is 0.414.